The Labute approximate surface area is 173 Å². The molecule has 0 saturated carbocycles. The number of rotatable bonds is 9. The number of carbonyl (C=O) groups is 2. The highest BCUT2D eigenvalue weighted by molar-refractivity contribution is 6.13. The Kier molecular flexibility index (Phi) is 6.69. The van der Waals surface area contributed by atoms with E-state index in [9.17, 15) is 9.59 Å². The van der Waals surface area contributed by atoms with Gasteiger partial charge in [-0.05, 0) is 44.2 Å². The van der Waals surface area contributed by atoms with Crippen LogP contribution in [-0.4, -0.2) is 42.8 Å². The molecular weight excluding hydrogens is 390 g/mol. The average Bonchev–Trinajstić information content (AvgIpc) is 3.09. The Bertz CT molecular complexity index is 1010. The first-order chi connectivity index (χ1) is 14.5. The maximum absolute atomic E-state index is 12.3. The fourth-order valence-electron chi connectivity index (χ4n) is 2.73. The molecule has 0 atom stereocenters. The molecule has 1 N–H and O–H groups in total. The van der Waals surface area contributed by atoms with Crippen LogP contribution in [0, 0.1) is 0 Å². The molecule has 1 heterocycles. The molecule has 2 aromatic carbocycles. The van der Waals surface area contributed by atoms with E-state index in [1.54, 1.807) is 42.5 Å². The molecule has 0 amide bonds. The van der Waals surface area contributed by atoms with Crippen LogP contribution < -0.4 is 14.2 Å². The van der Waals surface area contributed by atoms with Gasteiger partial charge in [0.2, 0.25) is 5.90 Å². The quantitative estimate of drug-likeness (QED) is 0.499. The van der Waals surface area contributed by atoms with E-state index in [1.165, 1.54) is 6.08 Å². The summed E-state index contributed by atoms with van der Waals surface area (Å²) in [6, 6.07) is 11.9. The van der Waals surface area contributed by atoms with Crippen molar-refractivity contribution in [3.63, 3.8) is 0 Å². The monoisotopic (exact) mass is 411 g/mol. The molecular formula is C22H21NO7. The van der Waals surface area contributed by atoms with E-state index in [4.69, 9.17) is 24.1 Å². The third kappa shape index (κ3) is 4.96. The fourth-order valence-corrected chi connectivity index (χ4v) is 2.73. The van der Waals surface area contributed by atoms with Crippen molar-refractivity contribution in [2.75, 3.05) is 19.8 Å². The lowest BCUT2D eigenvalue weighted by atomic mass is 10.1. The normalized spacial score (nSPS) is 14.3. The molecule has 2 aromatic rings. The summed E-state index contributed by atoms with van der Waals surface area (Å²) < 4.78 is 21.7. The maximum atomic E-state index is 12.3. The SMILES string of the molecule is CCOc1ccc(C2=N/C(=C/c3ccccc3OCC(=O)O)C(=O)O2)cc1OCC. The number of esters is 1. The van der Waals surface area contributed by atoms with Gasteiger partial charge in [-0.3, -0.25) is 0 Å². The van der Waals surface area contributed by atoms with Crippen molar-refractivity contribution in [1.82, 2.24) is 0 Å². The van der Waals surface area contributed by atoms with Crippen LogP contribution in [0.15, 0.2) is 53.2 Å². The summed E-state index contributed by atoms with van der Waals surface area (Å²) in [6.07, 6.45) is 1.49. The number of ether oxygens (including phenoxy) is 4. The maximum Gasteiger partial charge on any atom is 0.363 e. The Morgan fingerprint density at radius 3 is 2.50 bits per heavy atom. The van der Waals surface area contributed by atoms with Crippen molar-refractivity contribution < 1.29 is 33.6 Å². The van der Waals surface area contributed by atoms with Crippen LogP contribution >= 0.6 is 0 Å². The van der Waals surface area contributed by atoms with E-state index < -0.39 is 18.5 Å². The van der Waals surface area contributed by atoms with Crippen LogP contribution in [-0.2, 0) is 14.3 Å². The molecule has 0 unspecified atom stereocenters. The van der Waals surface area contributed by atoms with Crippen molar-refractivity contribution in [2.24, 2.45) is 4.99 Å². The van der Waals surface area contributed by atoms with E-state index in [0.717, 1.165) is 0 Å². The summed E-state index contributed by atoms with van der Waals surface area (Å²) in [6.45, 7) is 4.19. The van der Waals surface area contributed by atoms with Crippen molar-refractivity contribution in [1.29, 1.82) is 0 Å². The van der Waals surface area contributed by atoms with Gasteiger partial charge in [0.15, 0.2) is 23.8 Å². The first kappa shape index (κ1) is 20.9. The van der Waals surface area contributed by atoms with E-state index in [1.807, 2.05) is 13.8 Å². The molecule has 0 saturated heterocycles. The topological polar surface area (TPSA) is 104 Å². The van der Waals surface area contributed by atoms with Gasteiger partial charge in [-0.15, -0.1) is 0 Å². The number of hydrogen-bond donors (Lipinski definition) is 1. The molecule has 156 valence electrons. The number of para-hydroxylation sites is 1. The summed E-state index contributed by atoms with van der Waals surface area (Å²) >= 11 is 0. The number of aliphatic carboxylic acids is 1. The van der Waals surface area contributed by atoms with Gasteiger partial charge in [0.25, 0.3) is 0 Å². The minimum Gasteiger partial charge on any atom is -0.490 e. The largest absolute Gasteiger partial charge is 0.490 e. The third-order valence-corrected chi connectivity index (χ3v) is 3.97. The van der Waals surface area contributed by atoms with Crippen LogP contribution in [0.4, 0.5) is 0 Å². The van der Waals surface area contributed by atoms with Crippen LogP contribution in [0.3, 0.4) is 0 Å². The third-order valence-electron chi connectivity index (χ3n) is 3.97. The van der Waals surface area contributed by atoms with Gasteiger partial charge in [0, 0.05) is 11.1 Å². The van der Waals surface area contributed by atoms with E-state index >= 15 is 0 Å². The van der Waals surface area contributed by atoms with Gasteiger partial charge in [0.05, 0.1) is 13.2 Å². The second-order valence-corrected chi connectivity index (χ2v) is 6.08. The van der Waals surface area contributed by atoms with Gasteiger partial charge in [-0.2, -0.15) is 0 Å². The minimum absolute atomic E-state index is 0.0724. The van der Waals surface area contributed by atoms with Gasteiger partial charge < -0.3 is 24.1 Å². The number of carboxylic acid groups (broad SMARTS) is 1. The summed E-state index contributed by atoms with van der Waals surface area (Å²) in [7, 11) is 0. The average molecular weight is 411 g/mol. The number of benzene rings is 2. The highest BCUT2D eigenvalue weighted by Crippen LogP contribution is 2.31. The highest BCUT2D eigenvalue weighted by Gasteiger charge is 2.25. The zero-order chi connectivity index (χ0) is 21.5. The van der Waals surface area contributed by atoms with Gasteiger partial charge in [-0.1, -0.05) is 18.2 Å². The lowest BCUT2D eigenvalue weighted by molar-refractivity contribution is -0.139. The molecule has 8 nitrogen and oxygen atoms in total. The molecule has 3 rings (SSSR count). The van der Waals surface area contributed by atoms with Crippen LogP contribution in [0.5, 0.6) is 17.2 Å². The lowest BCUT2D eigenvalue weighted by Gasteiger charge is -2.11. The standard InChI is InChI=1S/C22H21NO7/c1-3-27-18-10-9-15(12-19(18)28-4-2)21-23-16(22(26)30-21)11-14-7-5-6-8-17(14)29-13-20(24)25/h5-12H,3-4,13H2,1-2H3,(H,24,25)/b16-11+. The summed E-state index contributed by atoms with van der Waals surface area (Å²) in [4.78, 5) is 27.4. The van der Waals surface area contributed by atoms with Crippen molar-refractivity contribution in [2.45, 2.75) is 13.8 Å². The van der Waals surface area contributed by atoms with Crippen molar-refractivity contribution >= 4 is 23.9 Å². The summed E-state index contributed by atoms with van der Waals surface area (Å²) in [5.74, 6) is -0.139. The number of carboxylic acids is 1. The molecule has 0 fully saturated rings. The highest BCUT2D eigenvalue weighted by atomic mass is 16.6. The van der Waals surface area contributed by atoms with Crippen LogP contribution in [0.2, 0.25) is 0 Å². The lowest BCUT2D eigenvalue weighted by Crippen LogP contribution is -2.10. The summed E-state index contributed by atoms with van der Waals surface area (Å²) in [5.41, 5.74) is 1.15. The number of hydrogen-bond acceptors (Lipinski definition) is 7. The Morgan fingerprint density at radius 1 is 1.03 bits per heavy atom. The number of aliphatic imine (C=N–C) groups is 1. The molecule has 1 aliphatic heterocycles. The van der Waals surface area contributed by atoms with Crippen LogP contribution in [0.25, 0.3) is 6.08 Å². The van der Waals surface area contributed by atoms with Crippen molar-refractivity contribution in [3.05, 3.63) is 59.3 Å². The second kappa shape index (κ2) is 9.60. The van der Waals surface area contributed by atoms with Gasteiger partial charge in [0.1, 0.15) is 5.75 Å². The fraction of sp³-hybridized carbons (Fsp3) is 0.227. The smallest absolute Gasteiger partial charge is 0.363 e. The molecule has 0 bridgehead atoms. The zero-order valence-corrected chi connectivity index (χ0v) is 16.6. The van der Waals surface area contributed by atoms with E-state index in [-0.39, 0.29) is 11.6 Å². The second-order valence-electron chi connectivity index (χ2n) is 6.08. The predicted octanol–water partition coefficient (Wildman–Crippen LogP) is 3.29. The number of nitrogens with zero attached hydrogens (tertiary/aromatic N) is 1. The molecule has 30 heavy (non-hydrogen) atoms. The molecule has 0 aromatic heterocycles. The molecule has 0 radical (unpaired) electrons. The van der Waals surface area contributed by atoms with Gasteiger partial charge in [-0.25, -0.2) is 14.6 Å². The molecule has 0 spiro atoms. The molecule has 1 aliphatic rings. The first-order valence-corrected chi connectivity index (χ1v) is 9.38. The molecule has 8 heteroatoms. The number of carbonyl (C=O) groups excluding carboxylic acids is 1. The minimum atomic E-state index is -1.10. The van der Waals surface area contributed by atoms with E-state index in [2.05, 4.69) is 4.99 Å². The van der Waals surface area contributed by atoms with Crippen LogP contribution in [0.1, 0.15) is 25.0 Å². The summed E-state index contributed by atoms with van der Waals surface area (Å²) in [5, 5.41) is 8.81. The first-order valence-electron chi connectivity index (χ1n) is 9.38. The molecule has 0 aliphatic carbocycles. The van der Waals surface area contributed by atoms with Crippen molar-refractivity contribution in [3.8, 4) is 17.2 Å². The Balaban J connectivity index is 1.90. The van der Waals surface area contributed by atoms with E-state index in [0.29, 0.717) is 41.6 Å². The Morgan fingerprint density at radius 2 is 1.77 bits per heavy atom. The van der Waals surface area contributed by atoms with Gasteiger partial charge >= 0.3 is 11.9 Å². The predicted molar refractivity (Wildman–Crippen MR) is 109 cm³/mol. The Hall–Kier alpha value is -3.81. The zero-order valence-electron chi connectivity index (χ0n) is 16.6. The number of cyclic esters (lactones) is 1.